The van der Waals surface area contributed by atoms with Gasteiger partial charge in [-0.15, -0.1) is 9.24 Å². The predicted octanol–water partition coefficient (Wildman–Crippen LogP) is 3.41. The van der Waals surface area contributed by atoms with Gasteiger partial charge in [-0.3, -0.25) is 4.79 Å². The molecule has 134 valence electrons. The number of thiol groups is 2. The van der Waals surface area contributed by atoms with Gasteiger partial charge in [0.25, 0.3) is 0 Å². The van der Waals surface area contributed by atoms with Crippen LogP contribution in [-0.4, -0.2) is 16.6 Å². The third-order valence-corrected chi connectivity index (χ3v) is 3.56. The van der Waals surface area contributed by atoms with E-state index in [4.69, 9.17) is 14.2 Å². The molecule has 0 aliphatic heterocycles. The first kappa shape index (κ1) is 22.8. The molecule has 6 nitrogen and oxygen atoms in total. The van der Waals surface area contributed by atoms with E-state index in [1.807, 2.05) is 13.8 Å². The zero-order valence-electron chi connectivity index (χ0n) is 13.7. The molecule has 0 amide bonds. The Hall–Kier alpha value is -1.24. The molecule has 0 heterocycles. The van der Waals surface area contributed by atoms with E-state index in [9.17, 15) is 14.4 Å². The molecule has 0 fully saturated rings. The molecule has 0 radical (unpaired) electrons. The normalized spacial score (nSPS) is 9.42. The molecule has 0 aromatic heterocycles. The summed E-state index contributed by atoms with van der Waals surface area (Å²) in [5, 5.41) is -0.702. The van der Waals surface area contributed by atoms with E-state index in [2.05, 4.69) is 34.5 Å². The van der Waals surface area contributed by atoms with Crippen molar-refractivity contribution in [3.05, 3.63) is 28.8 Å². The largest absolute Gasteiger partial charge is 0.461 e. The van der Waals surface area contributed by atoms with E-state index in [0.717, 1.165) is 5.30 Å². The van der Waals surface area contributed by atoms with Crippen molar-refractivity contribution < 1.29 is 28.6 Å². The van der Waals surface area contributed by atoms with Gasteiger partial charge in [0.15, 0.2) is 0 Å². The average molecular weight is 392 g/mol. The van der Waals surface area contributed by atoms with Gasteiger partial charge in [-0.25, -0.2) is 9.59 Å². The summed E-state index contributed by atoms with van der Waals surface area (Å²) in [4.78, 5) is 32.5. The summed E-state index contributed by atoms with van der Waals surface area (Å²) in [7, 11) is 2.49. The Labute approximate surface area is 154 Å². The number of rotatable bonds is 6. The first-order valence-corrected chi connectivity index (χ1v) is 8.51. The number of carbonyl (C=O) groups excluding carboxylic acids is 3. The van der Waals surface area contributed by atoms with Gasteiger partial charge >= 0.3 is 16.6 Å². The van der Waals surface area contributed by atoms with Crippen LogP contribution in [0.5, 0.6) is 0 Å². The maximum Gasteiger partial charge on any atom is 0.364 e. The van der Waals surface area contributed by atoms with E-state index < -0.39 is 16.6 Å². The number of carbonyl (C=O) groups is 3. The molecule has 0 aliphatic rings. The second-order valence-corrected chi connectivity index (χ2v) is 5.52. The third kappa shape index (κ3) is 9.15. The topological polar surface area (TPSA) is 78.9 Å². The molecule has 1 rings (SSSR count). The van der Waals surface area contributed by atoms with Gasteiger partial charge in [0.05, 0.1) is 0 Å². The fourth-order valence-electron chi connectivity index (χ4n) is 1.64. The van der Waals surface area contributed by atoms with Crippen molar-refractivity contribution >= 4 is 56.4 Å². The summed E-state index contributed by atoms with van der Waals surface area (Å²) in [6.07, 6.45) is 0. The number of hydrogen-bond acceptors (Lipinski definition) is 6. The van der Waals surface area contributed by atoms with Crippen molar-refractivity contribution in [1.82, 2.24) is 0 Å². The smallest absolute Gasteiger partial charge is 0.364 e. The predicted molar refractivity (Wildman–Crippen MR) is 101 cm³/mol. The van der Waals surface area contributed by atoms with Crippen molar-refractivity contribution in [2.75, 3.05) is 0 Å². The fourth-order valence-corrected chi connectivity index (χ4v) is 2.10. The van der Waals surface area contributed by atoms with Gasteiger partial charge < -0.3 is 14.2 Å². The van der Waals surface area contributed by atoms with Crippen LogP contribution in [0.1, 0.15) is 37.5 Å². The van der Waals surface area contributed by atoms with Crippen molar-refractivity contribution in [3.63, 3.8) is 0 Å². The van der Waals surface area contributed by atoms with E-state index in [0.29, 0.717) is 16.7 Å². The van der Waals surface area contributed by atoms with Gasteiger partial charge in [-0.05, 0) is 34.1 Å². The van der Waals surface area contributed by atoms with Gasteiger partial charge in [-0.2, -0.15) is 0 Å². The Morgan fingerprint density at radius 2 is 1.33 bits per heavy atom. The molecule has 1 unspecified atom stereocenters. The summed E-state index contributed by atoms with van der Waals surface area (Å²) in [5.74, 6) is -0.415. The van der Waals surface area contributed by atoms with Crippen LogP contribution < -0.4 is 5.30 Å². The molecule has 0 N–H and O–H groups in total. The minimum absolute atomic E-state index is 0.00308. The summed E-state index contributed by atoms with van der Waals surface area (Å²) in [6.45, 7) is 5.36. The molecule has 9 heteroatoms. The molecular formula is C15H21O6PS2. The first-order chi connectivity index (χ1) is 11.3. The fraction of sp³-hybridized carbons (Fsp3) is 0.400. The van der Waals surface area contributed by atoms with E-state index >= 15 is 0 Å². The Balaban J connectivity index is 0.00000254. The summed E-state index contributed by atoms with van der Waals surface area (Å²) >= 11 is 7.07. The highest BCUT2D eigenvalue weighted by Crippen LogP contribution is 2.16. The van der Waals surface area contributed by atoms with Crippen molar-refractivity contribution in [1.29, 1.82) is 0 Å². The number of benzene rings is 1. The van der Waals surface area contributed by atoms with E-state index in [-0.39, 0.29) is 19.8 Å². The average Bonchev–Trinajstić information content (AvgIpc) is 2.52. The van der Waals surface area contributed by atoms with Crippen molar-refractivity contribution in [2.45, 2.75) is 40.6 Å². The molecule has 0 saturated heterocycles. The Morgan fingerprint density at radius 3 is 1.67 bits per heavy atom. The van der Waals surface area contributed by atoms with Crippen LogP contribution in [0.2, 0.25) is 0 Å². The molecule has 1 aromatic carbocycles. The highest BCUT2D eigenvalue weighted by Gasteiger charge is 2.11. The molecule has 0 saturated carbocycles. The quantitative estimate of drug-likeness (QED) is 0.334. The highest BCUT2D eigenvalue weighted by molar-refractivity contribution is 7.96. The second kappa shape index (κ2) is 12.2. The lowest BCUT2D eigenvalue weighted by Gasteiger charge is -2.14. The Kier molecular flexibility index (Phi) is 11.5. The Morgan fingerprint density at radius 1 is 0.917 bits per heavy atom. The van der Waals surface area contributed by atoms with Crippen LogP contribution in [0.25, 0.3) is 0 Å². The Bertz CT molecular complexity index is 552. The van der Waals surface area contributed by atoms with Crippen LogP contribution in [0.3, 0.4) is 0 Å². The zero-order chi connectivity index (χ0) is 18.7. The summed E-state index contributed by atoms with van der Waals surface area (Å²) < 4.78 is 14.6. The molecule has 1 atom stereocenters. The maximum absolute atomic E-state index is 10.9. The van der Waals surface area contributed by atoms with Crippen molar-refractivity contribution in [2.24, 2.45) is 0 Å². The number of hydrogen-bond donors (Lipinski definition) is 2. The second-order valence-electron chi connectivity index (χ2n) is 4.22. The lowest BCUT2D eigenvalue weighted by atomic mass is 10.1. The van der Waals surface area contributed by atoms with Crippen molar-refractivity contribution in [3.8, 4) is 0 Å². The van der Waals surface area contributed by atoms with E-state index in [1.165, 1.54) is 6.92 Å². The standard InChI is InChI=1S/C13H15O6PS2.C2H6/c1-7(14)17-4-8-2-9(5-18-12(15)21)11(20)10(3-8)6-19-13(16)22;1-2/h2-3H,4-6,20H2,1H3,(H,15,21)(H,16,22);1-2H3. The lowest BCUT2D eigenvalue weighted by molar-refractivity contribution is -0.142. The van der Waals surface area contributed by atoms with E-state index in [1.54, 1.807) is 12.1 Å². The van der Waals surface area contributed by atoms with Crippen LogP contribution in [0, 0.1) is 0 Å². The van der Waals surface area contributed by atoms with Crippen LogP contribution in [0.4, 0.5) is 9.59 Å². The summed E-state index contributed by atoms with van der Waals surface area (Å²) in [5.41, 5.74) is 2.02. The zero-order valence-corrected chi connectivity index (χ0v) is 16.6. The number of esters is 1. The minimum Gasteiger partial charge on any atom is -0.461 e. The molecule has 1 aromatic rings. The molecular weight excluding hydrogens is 371 g/mol. The van der Waals surface area contributed by atoms with Crippen LogP contribution >= 0.6 is 34.5 Å². The third-order valence-electron chi connectivity index (χ3n) is 2.56. The first-order valence-electron chi connectivity index (χ1n) is 7.04. The molecule has 0 spiro atoms. The van der Waals surface area contributed by atoms with Gasteiger partial charge in [0.2, 0.25) is 0 Å². The van der Waals surface area contributed by atoms with Gasteiger partial charge in [0, 0.05) is 6.92 Å². The molecule has 24 heavy (non-hydrogen) atoms. The molecule has 0 bridgehead atoms. The molecule has 0 aliphatic carbocycles. The monoisotopic (exact) mass is 392 g/mol. The van der Waals surface area contributed by atoms with Gasteiger partial charge in [0.1, 0.15) is 19.8 Å². The highest BCUT2D eigenvalue weighted by atomic mass is 32.1. The SMILES string of the molecule is CC.CC(=O)OCc1cc(COC(=O)S)c(P)c(COC(=O)S)c1. The maximum atomic E-state index is 10.9. The van der Waals surface area contributed by atoms with Gasteiger partial charge in [-0.1, -0.05) is 39.1 Å². The number of ether oxygens (including phenoxy) is 3. The van der Waals surface area contributed by atoms with Crippen LogP contribution in [-0.2, 0) is 38.8 Å². The minimum atomic E-state index is -0.710. The van der Waals surface area contributed by atoms with Crippen LogP contribution in [0.15, 0.2) is 12.1 Å². The lowest BCUT2D eigenvalue weighted by Crippen LogP contribution is -2.14. The summed E-state index contributed by atoms with van der Waals surface area (Å²) in [6, 6.07) is 3.46.